The minimum Gasteiger partial charge on any atom is -0.370 e. The number of nitrogens with zero attached hydrogens (tertiary/aromatic N) is 2. The Morgan fingerprint density at radius 1 is 1.33 bits per heavy atom. The Morgan fingerprint density at radius 3 is 2.67 bits per heavy atom. The van der Waals surface area contributed by atoms with Crippen LogP contribution in [0.5, 0.6) is 0 Å². The van der Waals surface area contributed by atoms with E-state index in [2.05, 4.69) is 31.2 Å². The van der Waals surface area contributed by atoms with E-state index in [0.29, 0.717) is 15.7 Å². The van der Waals surface area contributed by atoms with Crippen molar-refractivity contribution in [3.8, 4) is 11.3 Å². The molecular weight excluding hydrogens is 357 g/mol. The SMILES string of the molecule is CCNc1ncnc(-c2ccc(Br)c(Cl)c2F)c1C(C)C. The van der Waals surface area contributed by atoms with E-state index in [1.807, 2.05) is 20.8 Å². The lowest BCUT2D eigenvalue weighted by atomic mass is 9.97. The maximum atomic E-state index is 14.5. The first-order chi connectivity index (χ1) is 9.97. The summed E-state index contributed by atoms with van der Waals surface area (Å²) < 4.78 is 15.0. The van der Waals surface area contributed by atoms with Crippen LogP contribution in [0.4, 0.5) is 10.2 Å². The molecule has 0 aliphatic carbocycles. The van der Waals surface area contributed by atoms with E-state index in [-0.39, 0.29) is 10.9 Å². The molecule has 21 heavy (non-hydrogen) atoms. The van der Waals surface area contributed by atoms with Crippen molar-refractivity contribution in [3.05, 3.63) is 39.3 Å². The second kappa shape index (κ2) is 6.71. The second-order valence-electron chi connectivity index (χ2n) is 4.89. The van der Waals surface area contributed by atoms with Crippen molar-refractivity contribution >= 4 is 33.3 Å². The van der Waals surface area contributed by atoms with Gasteiger partial charge in [0.1, 0.15) is 12.1 Å². The third-order valence-corrected chi connectivity index (χ3v) is 4.35. The predicted octanol–water partition coefficient (Wildman–Crippen LogP) is 5.25. The summed E-state index contributed by atoms with van der Waals surface area (Å²) in [7, 11) is 0. The highest BCUT2D eigenvalue weighted by Gasteiger charge is 2.20. The van der Waals surface area contributed by atoms with Gasteiger partial charge in [-0.1, -0.05) is 25.4 Å². The molecule has 0 aliphatic rings. The summed E-state index contributed by atoms with van der Waals surface area (Å²) in [5.74, 6) is 0.405. The molecule has 0 saturated heterocycles. The lowest BCUT2D eigenvalue weighted by Gasteiger charge is -2.17. The fourth-order valence-corrected chi connectivity index (χ4v) is 2.65. The highest BCUT2D eigenvalue weighted by molar-refractivity contribution is 9.10. The summed E-state index contributed by atoms with van der Waals surface area (Å²) in [5.41, 5.74) is 1.84. The zero-order chi connectivity index (χ0) is 15.6. The molecule has 0 spiro atoms. The molecule has 2 aromatic rings. The summed E-state index contributed by atoms with van der Waals surface area (Å²) >= 11 is 9.21. The summed E-state index contributed by atoms with van der Waals surface area (Å²) in [4.78, 5) is 8.54. The first kappa shape index (κ1) is 16.2. The van der Waals surface area contributed by atoms with Gasteiger partial charge in [-0.15, -0.1) is 0 Å². The molecule has 112 valence electrons. The molecule has 0 fully saturated rings. The second-order valence-corrected chi connectivity index (χ2v) is 6.12. The summed E-state index contributed by atoms with van der Waals surface area (Å²) in [6, 6.07) is 3.40. The molecule has 2 rings (SSSR count). The number of aromatic nitrogens is 2. The third-order valence-electron chi connectivity index (χ3n) is 3.10. The van der Waals surface area contributed by atoms with Crippen LogP contribution in [-0.4, -0.2) is 16.5 Å². The average molecular weight is 373 g/mol. The molecule has 1 aromatic carbocycles. The van der Waals surface area contributed by atoms with E-state index in [1.165, 1.54) is 6.33 Å². The van der Waals surface area contributed by atoms with E-state index in [0.717, 1.165) is 17.9 Å². The molecule has 0 saturated carbocycles. The van der Waals surface area contributed by atoms with Crippen LogP contribution in [0.3, 0.4) is 0 Å². The normalized spacial score (nSPS) is 11.0. The minimum absolute atomic E-state index is 0.0609. The van der Waals surface area contributed by atoms with Crippen LogP contribution < -0.4 is 5.32 Å². The minimum atomic E-state index is -0.478. The topological polar surface area (TPSA) is 37.8 Å². The van der Waals surface area contributed by atoms with Crippen LogP contribution in [0.25, 0.3) is 11.3 Å². The van der Waals surface area contributed by atoms with Gasteiger partial charge in [0.2, 0.25) is 0 Å². The summed E-state index contributed by atoms with van der Waals surface area (Å²) in [6.45, 7) is 6.78. The van der Waals surface area contributed by atoms with Gasteiger partial charge in [0.05, 0.1) is 10.7 Å². The van der Waals surface area contributed by atoms with Crippen molar-refractivity contribution in [2.75, 3.05) is 11.9 Å². The molecule has 1 N–H and O–H groups in total. The van der Waals surface area contributed by atoms with Gasteiger partial charge in [-0.05, 0) is 40.9 Å². The Morgan fingerprint density at radius 2 is 2.05 bits per heavy atom. The molecule has 0 radical (unpaired) electrons. The fraction of sp³-hybridized carbons (Fsp3) is 0.333. The van der Waals surface area contributed by atoms with E-state index in [4.69, 9.17) is 11.6 Å². The average Bonchev–Trinajstić information content (AvgIpc) is 2.45. The van der Waals surface area contributed by atoms with Gasteiger partial charge >= 0.3 is 0 Å². The van der Waals surface area contributed by atoms with Gasteiger partial charge in [0.25, 0.3) is 0 Å². The van der Waals surface area contributed by atoms with Crippen molar-refractivity contribution in [3.63, 3.8) is 0 Å². The lowest BCUT2D eigenvalue weighted by Crippen LogP contribution is -2.08. The van der Waals surface area contributed by atoms with E-state index >= 15 is 0 Å². The molecule has 6 heteroatoms. The van der Waals surface area contributed by atoms with Crippen LogP contribution in [-0.2, 0) is 0 Å². The van der Waals surface area contributed by atoms with E-state index in [9.17, 15) is 4.39 Å². The van der Waals surface area contributed by atoms with E-state index in [1.54, 1.807) is 12.1 Å². The number of halogens is 3. The van der Waals surface area contributed by atoms with Crippen molar-refractivity contribution in [1.82, 2.24) is 9.97 Å². The number of hydrogen-bond donors (Lipinski definition) is 1. The highest BCUT2D eigenvalue weighted by Crippen LogP contribution is 2.37. The smallest absolute Gasteiger partial charge is 0.152 e. The number of anilines is 1. The Balaban J connectivity index is 2.69. The van der Waals surface area contributed by atoms with Crippen LogP contribution in [0.1, 0.15) is 32.3 Å². The van der Waals surface area contributed by atoms with Crippen molar-refractivity contribution in [1.29, 1.82) is 0 Å². The van der Waals surface area contributed by atoms with Crippen LogP contribution in [0, 0.1) is 5.82 Å². The molecule has 0 bridgehead atoms. The number of nitrogens with one attached hydrogen (secondary N) is 1. The molecule has 0 amide bonds. The van der Waals surface area contributed by atoms with Gasteiger partial charge < -0.3 is 5.32 Å². The van der Waals surface area contributed by atoms with Gasteiger partial charge in [-0.25, -0.2) is 14.4 Å². The van der Waals surface area contributed by atoms with Crippen molar-refractivity contribution < 1.29 is 4.39 Å². The quantitative estimate of drug-likeness (QED) is 0.744. The molecule has 0 atom stereocenters. The molecular formula is C15H16BrClFN3. The zero-order valence-corrected chi connectivity index (χ0v) is 14.4. The molecule has 0 aliphatic heterocycles. The standard InChI is InChI=1S/C15H16BrClFN3/c1-4-19-15-11(8(2)3)14(20-7-21-15)9-5-6-10(16)12(17)13(9)18/h5-8H,4H2,1-3H3,(H,19,20,21). The predicted molar refractivity (Wildman–Crippen MR) is 88.4 cm³/mol. The Hall–Kier alpha value is -1.20. The van der Waals surface area contributed by atoms with Crippen LogP contribution in [0.2, 0.25) is 5.02 Å². The number of rotatable bonds is 4. The molecule has 1 heterocycles. The monoisotopic (exact) mass is 371 g/mol. The first-order valence-corrected chi connectivity index (χ1v) is 7.87. The Bertz CT molecular complexity index is 662. The fourth-order valence-electron chi connectivity index (χ4n) is 2.17. The molecule has 1 aromatic heterocycles. The Kier molecular flexibility index (Phi) is 5.17. The summed E-state index contributed by atoms with van der Waals surface area (Å²) in [5, 5.41) is 3.26. The highest BCUT2D eigenvalue weighted by atomic mass is 79.9. The molecule has 0 unspecified atom stereocenters. The lowest BCUT2D eigenvalue weighted by molar-refractivity contribution is 0.629. The van der Waals surface area contributed by atoms with Gasteiger partial charge in [-0.2, -0.15) is 0 Å². The largest absolute Gasteiger partial charge is 0.370 e. The van der Waals surface area contributed by atoms with Gasteiger partial charge in [0, 0.05) is 22.1 Å². The third kappa shape index (κ3) is 3.19. The first-order valence-electron chi connectivity index (χ1n) is 6.70. The summed E-state index contributed by atoms with van der Waals surface area (Å²) in [6.07, 6.45) is 1.44. The zero-order valence-electron chi connectivity index (χ0n) is 12.0. The van der Waals surface area contributed by atoms with Crippen LogP contribution >= 0.6 is 27.5 Å². The molecule has 3 nitrogen and oxygen atoms in total. The van der Waals surface area contributed by atoms with Crippen molar-refractivity contribution in [2.45, 2.75) is 26.7 Å². The van der Waals surface area contributed by atoms with Crippen LogP contribution in [0.15, 0.2) is 22.9 Å². The maximum absolute atomic E-state index is 14.5. The maximum Gasteiger partial charge on any atom is 0.152 e. The van der Waals surface area contributed by atoms with Gasteiger partial charge in [-0.3, -0.25) is 0 Å². The number of benzene rings is 1. The Labute approximate surface area is 137 Å². The van der Waals surface area contributed by atoms with Crippen molar-refractivity contribution in [2.24, 2.45) is 0 Å². The van der Waals surface area contributed by atoms with E-state index < -0.39 is 5.82 Å². The van der Waals surface area contributed by atoms with Gasteiger partial charge in [0.15, 0.2) is 5.82 Å². The number of hydrogen-bond acceptors (Lipinski definition) is 3.